The zero-order valence-corrected chi connectivity index (χ0v) is 9.35. The van der Waals surface area contributed by atoms with Crippen LogP contribution in [0, 0.1) is 34.3 Å². The predicted molar refractivity (Wildman–Crippen MR) is 57.0 cm³/mol. The number of benzene rings is 1. The van der Waals surface area contributed by atoms with E-state index in [9.17, 15) is 8.78 Å². The smallest absolute Gasteiger partial charge is 0.150 e. The van der Waals surface area contributed by atoms with Gasteiger partial charge >= 0.3 is 0 Å². The molecule has 1 N–H and O–H groups in total. The number of rotatable bonds is 2. The highest BCUT2D eigenvalue weighted by Gasteiger charge is 2.08. The van der Waals surface area contributed by atoms with E-state index < -0.39 is 11.6 Å². The lowest BCUT2D eigenvalue weighted by Gasteiger charge is -2.05. The van der Waals surface area contributed by atoms with Crippen molar-refractivity contribution in [3.63, 3.8) is 0 Å². The second-order valence-electron chi connectivity index (χ2n) is 2.67. The van der Waals surface area contributed by atoms with Crippen LogP contribution in [0.15, 0.2) is 28.4 Å². The van der Waals surface area contributed by atoms with Gasteiger partial charge in [-0.15, -0.1) is 0 Å². The van der Waals surface area contributed by atoms with Crippen molar-refractivity contribution >= 4 is 21.6 Å². The lowest BCUT2D eigenvalue weighted by molar-refractivity contribution is 0.584. The maximum Gasteiger partial charge on any atom is 0.150 e. The summed E-state index contributed by atoms with van der Waals surface area (Å²) in [6.45, 7) is 0. The fourth-order valence-electron chi connectivity index (χ4n) is 0.914. The Hall–Kier alpha value is -1.92. The average Bonchev–Trinajstić information content (AvgIpc) is 2.22. The van der Waals surface area contributed by atoms with Gasteiger partial charge in [0.05, 0.1) is 5.69 Å². The molecule has 0 aliphatic heterocycles. The zero-order chi connectivity index (χ0) is 12.1. The summed E-state index contributed by atoms with van der Waals surface area (Å²) in [5.41, 5.74) is -0.250. The van der Waals surface area contributed by atoms with Gasteiger partial charge in [0, 0.05) is 16.7 Å². The molecule has 1 aromatic rings. The minimum Gasteiger partial charge on any atom is -0.357 e. The third-order valence-corrected chi connectivity index (χ3v) is 2.23. The van der Waals surface area contributed by atoms with Crippen LogP contribution in [0.2, 0.25) is 0 Å². The summed E-state index contributed by atoms with van der Waals surface area (Å²) in [5, 5.41) is 19.3. The summed E-state index contributed by atoms with van der Waals surface area (Å²) in [6, 6.07) is 4.96. The molecule has 6 heteroatoms. The van der Waals surface area contributed by atoms with Gasteiger partial charge in [0.15, 0.2) is 5.82 Å². The Morgan fingerprint density at radius 1 is 1.31 bits per heavy atom. The molecule has 16 heavy (non-hydrogen) atoms. The highest BCUT2D eigenvalue weighted by molar-refractivity contribution is 9.10. The van der Waals surface area contributed by atoms with E-state index in [-0.39, 0.29) is 15.7 Å². The fraction of sp³-hybridized carbons (Fsp3) is 0. The second-order valence-corrected chi connectivity index (χ2v) is 3.52. The number of allylic oxidation sites excluding steroid dienone is 1. The van der Waals surface area contributed by atoms with Gasteiger partial charge in [0.2, 0.25) is 0 Å². The highest BCUT2D eigenvalue weighted by atomic mass is 79.9. The molecule has 0 bridgehead atoms. The van der Waals surface area contributed by atoms with Crippen LogP contribution in [0.4, 0.5) is 14.5 Å². The Bertz CT molecular complexity index is 487. The van der Waals surface area contributed by atoms with Crippen LogP contribution >= 0.6 is 15.9 Å². The summed E-state index contributed by atoms with van der Waals surface area (Å²) in [7, 11) is 0. The predicted octanol–water partition coefficient (Wildman–Crippen LogP) is 3.07. The van der Waals surface area contributed by atoms with Crippen LogP contribution in [0.1, 0.15) is 0 Å². The zero-order valence-electron chi connectivity index (χ0n) is 7.76. The molecule has 1 rings (SSSR count). The largest absolute Gasteiger partial charge is 0.357 e. The quantitative estimate of drug-likeness (QED) is 0.849. The first-order valence-corrected chi connectivity index (χ1v) is 4.79. The van der Waals surface area contributed by atoms with Crippen molar-refractivity contribution in [3.05, 3.63) is 40.0 Å². The first kappa shape index (κ1) is 12.2. The third-order valence-electron chi connectivity index (χ3n) is 1.61. The van der Waals surface area contributed by atoms with E-state index in [0.717, 1.165) is 12.3 Å². The number of nitriles is 2. The molecule has 0 fully saturated rings. The Morgan fingerprint density at radius 3 is 2.44 bits per heavy atom. The molecule has 0 aliphatic carbocycles. The van der Waals surface area contributed by atoms with E-state index in [2.05, 4.69) is 21.2 Å². The van der Waals surface area contributed by atoms with Crippen LogP contribution in [-0.4, -0.2) is 0 Å². The van der Waals surface area contributed by atoms with Crippen molar-refractivity contribution in [2.45, 2.75) is 0 Å². The van der Waals surface area contributed by atoms with Gasteiger partial charge < -0.3 is 5.32 Å². The van der Waals surface area contributed by atoms with E-state index in [0.29, 0.717) is 6.07 Å². The maximum absolute atomic E-state index is 13.2. The first-order valence-electron chi connectivity index (χ1n) is 4.00. The van der Waals surface area contributed by atoms with Crippen LogP contribution in [-0.2, 0) is 0 Å². The molecule has 3 nitrogen and oxygen atoms in total. The van der Waals surface area contributed by atoms with Crippen LogP contribution in [0.5, 0.6) is 0 Å². The van der Waals surface area contributed by atoms with Crippen molar-refractivity contribution in [2.24, 2.45) is 0 Å². The average molecular weight is 284 g/mol. The van der Waals surface area contributed by atoms with Gasteiger partial charge in [-0.2, -0.15) is 10.5 Å². The van der Waals surface area contributed by atoms with E-state index >= 15 is 0 Å². The molecule has 0 unspecified atom stereocenters. The molecule has 80 valence electrons. The molecule has 0 heterocycles. The molecule has 1 aromatic carbocycles. The molecule has 0 spiro atoms. The second kappa shape index (κ2) is 5.24. The molecule has 0 saturated carbocycles. The number of anilines is 1. The van der Waals surface area contributed by atoms with E-state index in [1.807, 2.05) is 0 Å². The molecular formula is C10H4BrF2N3. The Kier molecular flexibility index (Phi) is 3.98. The molecule has 0 aromatic heterocycles. The Morgan fingerprint density at radius 2 is 1.94 bits per heavy atom. The molecular weight excluding hydrogens is 280 g/mol. The minimum absolute atomic E-state index is 0.0376. The fourth-order valence-corrected chi connectivity index (χ4v) is 1.44. The SMILES string of the molecule is N#CC(C#N)=CNc1c(F)cc(F)cc1Br. The molecule has 0 radical (unpaired) electrons. The van der Waals surface area contributed by atoms with Gasteiger partial charge in [-0.05, 0) is 22.0 Å². The van der Waals surface area contributed by atoms with E-state index in [1.54, 1.807) is 12.1 Å². The summed E-state index contributed by atoms with van der Waals surface area (Å²) in [6.07, 6.45) is 1.04. The van der Waals surface area contributed by atoms with Crippen molar-refractivity contribution in [1.29, 1.82) is 10.5 Å². The number of nitrogens with zero attached hydrogens (tertiary/aromatic N) is 2. The van der Waals surface area contributed by atoms with Gasteiger partial charge in [-0.1, -0.05) is 0 Å². The van der Waals surface area contributed by atoms with Gasteiger partial charge in [0.25, 0.3) is 0 Å². The number of hydrogen-bond donors (Lipinski definition) is 1. The van der Waals surface area contributed by atoms with Crippen LogP contribution in [0.25, 0.3) is 0 Å². The van der Waals surface area contributed by atoms with Gasteiger partial charge in [0.1, 0.15) is 23.5 Å². The van der Waals surface area contributed by atoms with Crippen LogP contribution in [0.3, 0.4) is 0 Å². The summed E-state index contributed by atoms with van der Waals surface area (Å²) in [4.78, 5) is 0. The number of halogens is 3. The van der Waals surface area contributed by atoms with E-state index in [4.69, 9.17) is 10.5 Å². The lowest BCUT2D eigenvalue weighted by Crippen LogP contribution is -1.96. The maximum atomic E-state index is 13.2. The van der Waals surface area contributed by atoms with Crippen molar-refractivity contribution in [3.8, 4) is 12.1 Å². The van der Waals surface area contributed by atoms with Crippen LogP contribution < -0.4 is 5.32 Å². The standard InChI is InChI=1S/C10H4BrF2N3/c11-8-1-7(12)2-9(13)10(8)16-5-6(3-14)4-15/h1-2,5,16H. The van der Waals surface area contributed by atoms with Gasteiger partial charge in [-0.3, -0.25) is 0 Å². The minimum atomic E-state index is -0.821. The van der Waals surface area contributed by atoms with Gasteiger partial charge in [-0.25, -0.2) is 8.78 Å². The lowest BCUT2D eigenvalue weighted by atomic mass is 10.3. The molecule has 0 amide bonds. The topological polar surface area (TPSA) is 59.6 Å². The monoisotopic (exact) mass is 283 g/mol. The van der Waals surface area contributed by atoms with Crippen molar-refractivity contribution in [1.82, 2.24) is 0 Å². The van der Waals surface area contributed by atoms with Crippen molar-refractivity contribution < 1.29 is 8.78 Å². The molecule has 0 saturated heterocycles. The summed E-state index contributed by atoms with van der Waals surface area (Å²) < 4.78 is 26.1. The normalized spacial score (nSPS) is 8.81. The van der Waals surface area contributed by atoms with Crippen molar-refractivity contribution in [2.75, 3.05) is 5.32 Å². The number of nitrogens with one attached hydrogen (secondary N) is 1. The first-order chi connectivity index (χ1) is 7.58. The molecule has 0 aliphatic rings. The highest BCUT2D eigenvalue weighted by Crippen LogP contribution is 2.26. The van der Waals surface area contributed by atoms with E-state index in [1.165, 1.54) is 0 Å². The Labute approximate surface area is 98.7 Å². The number of hydrogen-bond acceptors (Lipinski definition) is 3. The Balaban J connectivity index is 3.05. The third kappa shape index (κ3) is 2.78. The molecule has 0 atom stereocenters. The summed E-state index contributed by atoms with van der Waals surface area (Å²) >= 11 is 2.95. The summed E-state index contributed by atoms with van der Waals surface area (Å²) in [5.74, 6) is -1.54.